The standard InChI is InChI=1S/C15H20O/c1-9(2)12-6-5-10(3)13-8-15(16)11(4)7-14(12)13/h5,7-9,12,16H,6H2,1-4H3/t12-/m0/s1. The number of fused-ring (bicyclic) bond motifs is 1. The van der Waals surface area contributed by atoms with Crippen molar-refractivity contribution in [2.45, 2.75) is 40.0 Å². The Balaban J connectivity index is 2.59. The summed E-state index contributed by atoms with van der Waals surface area (Å²) in [5.41, 5.74) is 4.92. The predicted molar refractivity (Wildman–Crippen MR) is 68.7 cm³/mol. The van der Waals surface area contributed by atoms with Crippen LogP contribution in [0.5, 0.6) is 5.75 Å². The predicted octanol–water partition coefficient (Wildman–Crippen LogP) is 4.25. The molecule has 0 saturated carbocycles. The van der Waals surface area contributed by atoms with Crippen LogP contribution in [-0.4, -0.2) is 5.11 Å². The maximum atomic E-state index is 9.79. The van der Waals surface area contributed by atoms with Crippen molar-refractivity contribution in [3.63, 3.8) is 0 Å². The van der Waals surface area contributed by atoms with Crippen LogP contribution in [0.4, 0.5) is 0 Å². The smallest absolute Gasteiger partial charge is 0.119 e. The van der Waals surface area contributed by atoms with E-state index >= 15 is 0 Å². The molecule has 1 aromatic carbocycles. The summed E-state index contributed by atoms with van der Waals surface area (Å²) in [5.74, 6) is 1.65. The monoisotopic (exact) mass is 216 g/mol. The number of hydrogen-bond acceptors (Lipinski definition) is 1. The lowest BCUT2D eigenvalue weighted by atomic mass is 9.77. The van der Waals surface area contributed by atoms with Crippen LogP contribution in [0.2, 0.25) is 0 Å². The summed E-state index contributed by atoms with van der Waals surface area (Å²) < 4.78 is 0. The lowest BCUT2D eigenvalue weighted by molar-refractivity contribution is 0.466. The highest BCUT2D eigenvalue weighted by atomic mass is 16.3. The van der Waals surface area contributed by atoms with Crippen LogP contribution in [0.1, 0.15) is 49.8 Å². The molecular weight excluding hydrogens is 196 g/mol. The van der Waals surface area contributed by atoms with Crippen LogP contribution in [0.3, 0.4) is 0 Å². The molecule has 0 aliphatic heterocycles. The molecule has 0 amide bonds. The van der Waals surface area contributed by atoms with Gasteiger partial charge in [-0.1, -0.05) is 26.0 Å². The van der Waals surface area contributed by atoms with Crippen molar-refractivity contribution < 1.29 is 5.11 Å². The second kappa shape index (κ2) is 3.97. The lowest BCUT2D eigenvalue weighted by Gasteiger charge is -2.28. The molecular formula is C15H20O. The topological polar surface area (TPSA) is 20.2 Å². The summed E-state index contributed by atoms with van der Waals surface area (Å²) >= 11 is 0. The number of benzene rings is 1. The molecule has 1 aromatic rings. The normalized spacial score (nSPS) is 19.6. The maximum absolute atomic E-state index is 9.79. The minimum Gasteiger partial charge on any atom is -0.508 e. The lowest BCUT2D eigenvalue weighted by Crippen LogP contribution is -2.12. The molecule has 0 spiro atoms. The Morgan fingerprint density at radius 1 is 1.25 bits per heavy atom. The molecule has 0 bridgehead atoms. The van der Waals surface area contributed by atoms with E-state index in [2.05, 4.69) is 32.9 Å². The summed E-state index contributed by atoms with van der Waals surface area (Å²) in [6.45, 7) is 8.64. The van der Waals surface area contributed by atoms with Crippen molar-refractivity contribution in [1.29, 1.82) is 0 Å². The van der Waals surface area contributed by atoms with Crippen molar-refractivity contribution in [3.05, 3.63) is 34.9 Å². The SMILES string of the molecule is CC1=CC[C@@H](C(C)C)c2cc(C)c(O)cc21. The van der Waals surface area contributed by atoms with Crippen LogP contribution < -0.4 is 0 Å². The summed E-state index contributed by atoms with van der Waals surface area (Å²) in [4.78, 5) is 0. The molecule has 2 rings (SSSR count). The highest BCUT2D eigenvalue weighted by Gasteiger charge is 2.23. The Bertz CT molecular complexity index is 441. The number of aryl methyl sites for hydroxylation is 1. The van der Waals surface area contributed by atoms with Gasteiger partial charge in [0.15, 0.2) is 0 Å². The first-order valence-corrected chi connectivity index (χ1v) is 6.01. The van der Waals surface area contributed by atoms with E-state index in [1.807, 2.05) is 13.0 Å². The molecule has 0 unspecified atom stereocenters. The highest BCUT2D eigenvalue weighted by molar-refractivity contribution is 5.71. The fourth-order valence-electron chi connectivity index (χ4n) is 2.54. The minimum atomic E-state index is 0.413. The molecule has 0 radical (unpaired) electrons. The molecule has 0 heterocycles. The minimum absolute atomic E-state index is 0.413. The number of rotatable bonds is 1. The third-order valence-corrected chi connectivity index (χ3v) is 3.68. The van der Waals surface area contributed by atoms with Gasteiger partial charge in [0.05, 0.1) is 0 Å². The third-order valence-electron chi connectivity index (χ3n) is 3.68. The van der Waals surface area contributed by atoms with Gasteiger partial charge in [0.2, 0.25) is 0 Å². The summed E-state index contributed by atoms with van der Waals surface area (Å²) in [6, 6.07) is 4.08. The van der Waals surface area contributed by atoms with Gasteiger partial charge in [-0.05, 0) is 60.4 Å². The van der Waals surface area contributed by atoms with Crippen molar-refractivity contribution in [2.24, 2.45) is 5.92 Å². The second-order valence-electron chi connectivity index (χ2n) is 5.20. The molecule has 1 N–H and O–H groups in total. The van der Waals surface area contributed by atoms with Gasteiger partial charge >= 0.3 is 0 Å². The number of aromatic hydroxyl groups is 1. The van der Waals surface area contributed by atoms with Gasteiger partial charge in [0, 0.05) is 0 Å². The van der Waals surface area contributed by atoms with Crippen molar-refractivity contribution >= 4 is 5.57 Å². The molecule has 0 fully saturated rings. The van der Waals surface area contributed by atoms with Crippen LogP contribution >= 0.6 is 0 Å². The van der Waals surface area contributed by atoms with Crippen LogP contribution in [0.15, 0.2) is 18.2 Å². The summed E-state index contributed by atoms with van der Waals surface area (Å²) in [6.07, 6.45) is 3.42. The molecule has 0 saturated heterocycles. The fourth-order valence-corrected chi connectivity index (χ4v) is 2.54. The molecule has 1 nitrogen and oxygen atoms in total. The van der Waals surface area contributed by atoms with Gasteiger partial charge in [0.1, 0.15) is 5.75 Å². The van der Waals surface area contributed by atoms with Gasteiger partial charge in [-0.3, -0.25) is 0 Å². The molecule has 1 atom stereocenters. The van der Waals surface area contributed by atoms with Crippen molar-refractivity contribution in [3.8, 4) is 5.75 Å². The largest absolute Gasteiger partial charge is 0.508 e. The fraction of sp³-hybridized carbons (Fsp3) is 0.467. The highest BCUT2D eigenvalue weighted by Crippen LogP contribution is 2.40. The van der Waals surface area contributed by atoms with E-state index in [1.165, 1.54) is 16.7 Å². The van der Waals surface area contributed by atoms with Gasteiger partial charge in [-0.15, -0.1) is 0 Å². The van der Waals surface area contributed by atoms with E-state index in [0.717, 1.165) is 12.0 Å². The van der Waals surface area contributed by atoms with E-state index in [0.29, 0.717) is 17.6 Å². The van der Waals surface area contributed by atoms with Crippen LogP contribution in [0.25, 0.3) is 5.57 Å². The van der Waals surface area contributed by atoms with Gasteiger partial charge in [-0.2, -0.15) is 0 Å². The first-order chi connectivity index (χ1) is 7.50. The maximum Gasteiger partial charge on any atom is 0.119 e. The third kappa shape index (κ3) is 1.75. The van der Waals surface area contributed by atoms with Crippen molar-refractivity contribution in [1.82, 2.24) is 0 Å². The first kappa shape index (κ1) is 11.3. The summed E-state index contributed by atoms with van der Waals surface area (Å²) in [7, 11) is 0. The Morgan fingerprint density at radius 2 is 1.94 bits per heavy atom. The number of phenolic OH excluding ortho intramolecular Hbond substituents is 1. The number of hydrogen-bond donors (Lipinski definition) is 1. The van der Waals surface area contributed by atoms with E-state index in [1.54, 1.807) is 0 Å². The Kier molecular flexibility index (Phi) is 2.79. The molecule has 86 valence electrons. The second-order valence-corrected chi connectivity index (χ2v) is 5.20. The zero-order valence-electron chi connectivity index (χ0n) is 10.5. The quantitative estimate of drug-likeness (QED) is 0.744. The molecule has 16 heavy (non-hydrogen) atoms. The zero-order chi connectivity index (χ0) is 11.9. The van der Waals surface area contributed by atoms with E-state index in [4.69, 9.17) is 0 Å². The van der Waals surface area contributed by atoms with Crippen LogP contribution in [0, 0.1) is 12.8 Å². The number of allylic oxidation sites excluding steroid dienone is 2. The average Bonchev–Trinajstić information content (AvgIpc) is 2.21. The Labute approximate surface area is 97.8 Å². The Morgan fingerprint density at radius 3 is 2.56 bits per heavy atom. The number of phenols is 1. The molecule has 1 heteroatoms. The Hall–Kier alpha value is -1.24. The average molecular weight is 216 g/mol. The molecule has 1 aliphatic carbocycles. The van der Waals surface area contributed by atoms with E-state index in [9.17, 15) is 5.11 Å². The molecule has 1 aliphatic rings. The van der Waals surface area contributed by atoms with Crippen molar-refractivity contribution in [2.75, 3.05) is 0 Å². The van der Waals surface area contributed by atoms with Gasteiger partial charge in [0.25, 0.3) is 0 Å². The first-order valence-electron chi connectivity index (χ1n) is 6.01. The summed E-state index contributed by atoms with van der Waals surface area (Å²) in [5, 5.41) is 9.79. The molecule has 0 aromatic heterocycles. The van der Waals surface area contributed by atoms with Crippen LogP contribution in [-0.2, 0) is 0 Å². The van der Waals surface area contributed by atoms with Gasteiger partial charge < -0.3 is 5.11 Å². The zero-order valence-corrected chi connectivity index (χ0v) is 10.5. The van der Waals surface area contributed by atoms with Gasteiger partial charge in [-0.25, -0.2) is 0 Å². The van der Waals surface area contributed by atoms with E-state index in [-0.39, 0.29) is 0 Å². The van der Waals surface area contributed by atoms with E-state index < -0.39 is 0 Å².